The van der Waals surface area contributed by atoms with Gasteiger partial charge in [0.15, 0.2) is 12.2 Å². The first-order valence-corrected chi connectivity index (χ1v) is 8.21. The fourth-order valence-corrected chi connectivity index (χ4v) is 2.72. The molecular weight excluding hydrogens is 326 g/mol. The molecule has 2 heterocycles. The molecule has 3 aromatic rings. The van der Waals surface area contributed by atoms with Gasteiger partial charge in [0.1, 0.15) is 0 Å². The van der Waals surface area contributed by atoms with Crippen LogP contribution in [-0.2, 0) is 4.79 Å². The lowest BCUT2D eigenvalue weighted by Gasteiger charge is -2.06. The maximum atomic E-state index is 11.9. The van der Waals surface area contributed by atoms with Crippen LogP contribution in [0.15, 0.2) is 58.8 Å². The van der Waals surface area contributed by atoms with Gasteiger partial charge in [-0.05, 0) is 35.7 Å². The molecule has 1 aromatic carbocycles. The van der Waals surface area contributed by atoms with Crippen molar-refractivity contribution in [2.75, 3.05) is 11.9 Å². The van der Waals surface area contributed by atoms with E-state index in [9.17, 15) is 9.59 Å². The Hall–Kier alpha value is -2.93. The molecule has 0 aliphatic rings. The Bertz CT molecular complexity index is 796. The molecule has 0 saturated heterocycles. The van der Waals surface area contributed by atoms with E-state index < -0.39 is 0 Å². The molecule has 7 heteroatoms. The zero-order valence-electron chi connectivity index (χ0n) is 12.7. The number of anilines is 1. The van der Waals surface area contributed by atoms with Crippen LogP contribution in [0.2, 0.25) is 0 Å². The Morgan fingerprint density at radius 2 is 2.00 bits per heavy atom. The number of hydrogen-bond acceptors (Lipinski definition) is 5. The smallest absolute Gasteiger partial charge is 0.261 e. The number of oxazole rings is 1. The number of amides is 2. The number of carbonyl (C=O) groups is 2. The lowest BCUT2D eigenvalue weighted by molar-refractivity contribution is -0.116. The second-order valence-corrected chi connectivity index (χ2v) is 5.92. The quantitative estimate of drug-likeness (QED) is 0.721. The lowest BCUT2D eigenvalue weighted by Crippen LogP contribution is -2.27. The van der Waals surface area contributed by atoms with Gasteiger partial charge >= 0.3 is 0 Å². The van der Waals surface area contributed by atoms with E-state index in [4.69, 9.17) is 4.42 Å². The maximum absolute atomic E-state index is 11.9. The van der Waals surface area contributed by atoms with Crippen LogP contribution in [-0.4, -0.2) is 23.3 Å². The number of thiophene rings is 1. The monoisotopic (exact) mass is 341 g/mol. The number of hydrogen-bond donors (Lipinski definition) is 2. The van der Waals surface area contributed by atoms with Crippen LogP contribution in [0, 0.1) is 0 Å². The first-order valence-electron chi connectivity index (χ1n) is 7.33. The van der Waals surface area contributed by atoms with Gasteiger partial charge in [0.25, 0.3) is 5.91 Å². The summed E-state index contributed by atoms with van der Waals surface area (Å²) in [4.78, 5) is 28.2. The van der Waals surface area contributed by atoms with Crippen molar-refractivity contribution in [3.05, 3.63) is 59.2 Å². The van der Waals surface area contributed by atoms with Gasteiger partial charge < -0.3 is 15.1 Å². The highest BCUT2D eigenvalue weighted by molar-refractivity contribution is 7.12. The van der Waals surface area contributed by atoms with Gasteiger partial charge in [-0.2, -0.15) is 0 Å². The molecule has 0 aliphatic carbocycles. The summed E-state index contributed by atoms with van der Waals surface area (Å²) in [5.41, 5.74) is 1.57. The van der Waals surface area contributed by atoms with Crippen molar-refractivity contribution in [2.24, 2.45) is 0 Å². The summed E-state index contributed by atoms with van der Waals surface area (Å²) in [6, 6.07) is 10.8. The summed E-state index contributed by atoms with van der Waals surface area (Å²) in [6.07, 6.45) is 3.21. The second-order valence-electron chi connectivity index (χ2n) is 4.97. The van der Waals surface area contributed by atoms with E-state index in [1.807, 2.05) is 23.6 Å². The normalized spacial score (nSPS) is 10.3. The maximum Gasteiger partial charge on any atom is 0.261 e. The minimum Gasteiger partial charge on any atom is -0.444 e. The molecule has 2 N–H and O–H groups in total. The predicted molar refractivity (Wildman–Crippen MR) is 91.8 cm³/mol. The average molecular weight is 341 g/mol. The summed E-state index contributed by atoms with van der Waals surface area (Å²) in [5.74, 6) is 0.354. The molecular formula is C17H15N3O3S. The van der Waals surface area contributed by atoms with E-state index >= 15 is 0 Å². The van der Waals surface area contributed by atoms with Crippen LogP contribution in [0.25, 0.3) is 11.3 Å². The molecule has 122 valence electrons. The van der Waals surface area contributed by atoms with Gasteiger partial charge in [-0.25, -0.2) is 4.98 Å². The highest BCUT2D eigenvalue weighted by Crippen LogP contribution is 2.20. The van der Waals surface area contributed by atoms with Gasteiger partial charge in [0.05, 0.1) is 11.1 Å². The SMILES string of the molecule is O=C(CCNC(=O)c1cccs1)Nc1ccc(-c2cnco2)cc1. The summed E-state index contributed by atoms with van der Waals surface area (Å²) < 4.78 is 5.21. The van der Waals surface area contributed by atoms with E-state index in [1.165, 1.54) is 17.7 Å². The molecule has 2 amide bonds. The van der Waals surface area contributed by atoms with E-state index in [0.717, 1.165) is 5.56 Å². The number of benzene rings is 1. The van der Waals surface area contributed by atoms with Crippen molar-refractivity contribution in [3.8, 4) is 11.3 Å². The molecule has 6 nitrogen and oxygen atoms in total. The Labute approximate surface area is 142 Å². The van der Waals surface area contributed by atoms with Crippen molar-refractivity contribution in [2.45, 2.75) is 6.42 Å². The number of nitrogens with zero attached hydrogens (tertiary/aromatic N) is 1. The second kappa shape index (κ2) is 7.56. The van der Waals surface area contributed by atoms with E-state index in [-0.39, 0.29) is 18.2 Å². The van der Waals surface area contributed by atoms with Crippen molar-refractivity contribution in [3.63, 3.8) is 0 Å². The fraction of sp³-hybridized carbons (Fsp3) is 0.118. The van der Waals surface area contributed by atoms with Crippen LogP contribution in [0.4, 0.5) is 5.69 Å². The molecule has 0 saturated carbocycles. The average Bonchev–Trinajstić information content (AvgIpc) is 3.29. The molecule has 0 bridgehead atoms. The van der Waals surface area contributed by atoms with E-state index in [0.29, 0.717) is 22.9 Å². The van der Waals surface area contributed by atoms with Crippen molar-refractivity contribution in [1.29, 1.82) is 0 Å². The van der Waals surface area contributed by atoms with Crippen LogP contribution in [0.3, 0.4) is 0 Å². The third kappa shape index (κ3) is 4.08. The third-order valence-electron chi connectivity index (χ3n) is 3.27. The Morgan fingerprint density at radius 1 is 1.17 bits per heavy atom. The summed E-state index contributed by atoms with van der Waals surface area (Å²) in [7, 11) is 0. The van der Waals surface area contributed by atoms with Gasteiger partial charge in [-0.15, -0.1) is 11.3 Å². The van der Waals surface area contributed by atoms with Crippen molar-refractivity contribution >= 4 is 28.8 Å². The summed E-state index contributed by atoms with van der Waals surface area (Å²) in [6.45, 7) is 0.290. The molecule has 3 rings (SSSR count). The zero-order chi connectivity index (χ0) is 16.8. The third-order valence-corrected chi connectivity index (χ3v) is 4.14. The standard InChI is InChI=1S/C17H15N3O3S/c21-16(7-8-19-17(22)15-2-1-9-24-15)20-13-5-3-12(4-6-13)14-10-18-11-23-14/h1-6,9-11H,7-8H2,(H,19,22)(H,20,21). The molecule has 0 fully saturated rings. The highest BCUT2D eigenvalue weighted by atomic mass is 32.1. The Morgan fingerprint density at radius 3 is 2.67 bits per heavy atom. The van der Waals surface area contributed by atoms with Crippen molar-refractivity contribution < 1.29 is 14.0 Å². The van der Waals surface area contributed by atoms with Crippen molar-refractivity contribution in [1.82, 2.24) is 10.3 Å². The van der Waals surface area contributed by atoms with Gasteiger partial charge in [0, 0.05) is 24.2 Å². The minimum absolute atomic E-state index is 0.158. The van der Waals surface area contributed by atoms with E-state index in [1.54, 1.807) is 24.4 Å². The van der Waals surface area contributed by atoms with Crippen LogP contribution in [0.5, 0.6) is 0 Å². The van der Waals surface area contributed by atoms with Crippen LogP contribution in [0.1, 0.15) is 16.1 Å². The first kappa shape index (κ1) is 15.9. The Kier molecular flexibility index (Phi) is 5.02. The van der Waals surface area contributed by atoms with Gasteiger partial charge in [0.2, 0.25) is 5.91 Å². The zero-order valence-corrected chi connectivity index (χ0v) is 13.5. The largest absolute Gasteiger partial charge is 0.444 e. The van der Waals surface area contributed by atoms with Gasteiger partial charge in [-0.1, -0.05) is 6.07 Å². The molecule has 0 atom stereocenters. The summed E-state index contributed by atoms with van der Waals surface area (Å²) in [5, 5.41) is 7.35. The molecule has 24 heavy (non-hydrogen) atoms. The Balaban J connectivity index is 1.46. The fourth-order valence-electron chi connectivity index (χ4n) is 2.08. The summed E-state index contributed by atoms with van der Waals surface area (Å²) >= 11 is 1.37. The molecule has 0 spiro atoms. The molecule has 0 aliphatic heterocycles. The predicted octanol–water partition coefficient (Wildman–Crippen LogP) is 3.16. The molecule has 0 unspecified atom stereocenters. The number of rotatable bonds is 6. The van der Waals surface area contributed by atoms with Gasteiger partial charge in [-0.3, -0.25) is 9.59 Å². The molecule has 2 aromatic heterocycles. The van der Waals surface area contributed by atoms with Crippen LogP contribution < -0.4 is 10.6 Å². The number of nitrogens with one attached hydrogen (secondary N) is 2. The molecule has 0 radical (unpaired) electrons. The van der Waals surface area contributed by atoms with E-state index in [2.05, 4.69) is 15.6 Å². The lowest BCUT2D eigenvalue weighted by atomic mass is 10.1. The first-order chi connectivity index (χ1) is 11.7. The minimum atomic E-state index is -0.158. The number of aromatic nitrogens is 1. The highest BCUT2D eigenvalue weighted by Gasteiger charge is 2.08. The topological polar surface area (TPSA) is 84.2 Å². The number of carbonyl (C=O) groups excluding carboxylic acids is 2. The van der Waals surface area contributed by atoms with Crippen LogP contribution >= 0.6 is 11.3 Å².